The SMILES string of the molecule is CC/C=C/C/C=C/C/C=C/C/C=C/C/C=C/CCCCCCCCC(=O)OC(COCCC(C(=O)O)[N+](C)(C)C)COC(=O)CCCCCCC/C=C/C=C/C=C/CCCCCCC. The Morgan fingerprint density at radius 2 is 0.938 bits per heavy atom. The van der Waals surface area contributed by atoms with E-state index in [1.807, 2.05) is 21.1 Å². The average Bonchev–Trinajstić information content (AvgIpc) is 3.26. The molecule has 2 atom stereocenters. The van der Waals surface area contributed by atoms with Gasteiger partial charge in [-0.25, -0.2) is 4.79 Å². The van der Waals surface area contributed by atoms with Crippen LogP contribution in [0.25, 0.3) is 0 Å². The van der Waals surface area contributed by atoms with Crippen molar-refractivity contribution in [2.24, 2.45) is 0 Å². The van der Waals surface area contributed by atoms with E-state index < -0.39 is 18.1 Å². The number of carbonyl (C=O) groups excluding carboxylic acids is 2. The molecule has 8 nitrogen and oxygen atoms in total. The number of hydrogen-bond acceptors (Lipinski definition) is 6. The van der Waals surface area contributed by atoms with E-state index in [0.717, 1.165) is 109 Å². The summed E-state index contributed by atoms with van der Waals surface area (Å²) in [7, 11) is 5.51. The molecule has 0 radical (unpaired) electrons. The first-order valence-corrected chi connectivity index (χ1v) is 25.3. The molecule has 0 amide bonds. The summed E-state index contributed by atoms with van der Waals surface area (Å²) in [6.07, 6.45) is 61.6. The zero-order chi connectivity index (χ0) is 47.0. The molecular formula is C56H94NO7+. The highest BCUT2D eigenvalue weighted by atomic mass is 16.6. The number of quaternary nitrogens is 1. The molecule has 0 aliphatic rings. The molecule has 1 N–H and O–H groups in total. The summed E-state index contributed by atoms with van der Waals surface area (Å²) in [5.41, 5.74) is 0. The second kappa shape index (κ2) is 45.8. The van der Waals surface area contributed by atoms with Crippen LogP contribution in [0.1, 0.15) is 187 Å². The number of likely N-dealkylation sites (N-methyl/N-ethyl adjacent to an activating group) is 1. The summed E-state index contributed by atoms with van der Waals surface area (Å²) >= 11 is 0. The molecule has 0 bridgehead atoms. The molecule has 8 heteroatoms. The zero-order valence-electron chi connectivity index (χ0n) is 41.4. The van der Waals surface area contributed by atoms with Gasteiger partial charge < -0.3 is 23.8 Å². The van der Waals surface area contributed by atoms with Crippen molar-refractivity contribution in [3.05, 3.63) is 97.2 Å². The van der Waals surface area contributed by atoms with E-state index in [0.29, 0.717) is 19.3 Å². The van der Waals surface area contributed by atoms with Crippen LogP contribution in [0, 0.1) is 0 Å². The van der Waals surface area contributed by atoms with E-state index in [2.05, 4.69) is 111 Å². The summed E-state index contributed by atoms with van der Waals surface area (Å²) in [5.74, 6) is -1.52. The number of hydrogen-bond donors (Lipinski definition) is 1. The molecule has 0 saturated carbocycles. The van der Waals surface area contributed by atoms with Gasteiger partial charge in [-0.15, -0.1) is 0 Å². The fourth-order valence-corrected chi connectivity index (χ4v) is 6.88. The standard InChI is InChI=1S/C56H93NO7/c1-6-8-10-12-14-16-18-20-22-24-26-27-28-29-31-33-35-37-39-41-43-45-47-55(59)64-52(50-62-49-48-53(56(60)61)57(3,4)5)51-63-54(58)46-44-42-40-38-36-34-32-30-25-23-21-19-17-15-13-11-9-7-2/h8,10,14,16,19-23,25-27,29-32,52-53H,6-7,9,11-13,15,17-18,24,28,33-51H2,1-5H3/p+1/b10-8+,16-14+,21-19+,22-20+,25-23+,27-26+,31-29+,32-30+. The molecule has 0 fully saturated rings. The first kappa shape index (κ1) is 60.2. The van der Waals surface area contributed by atoms with Gasteiger partial charge in [0.05, 0.1) is 34.4 Å². The number of rotatable bonds is 44. The Balaban J connectivity index is 4.36. The van der Waals surface area contributed by atoms with Crippen LogP contribution in [-0.4, -0.2) is 80.6 Å². The van der Waals surface area contributed by atoms with Crippen LogP contribution in [0.4, 0.5) is 0 Å². The fourth-order valence-electron chi connectivity index (χ4n) is 6.88. The third-order valence-electron chi connectivity index (χ3n) is 10.8. The molecule has 0 heterocycles. The van der Waals surface area contributed by atoms with Gasteiger partial charge in [0.25, 0.3) is 0 Å². The van der Waals surface area contributed by atoms with Crippen molar-refractivity contribution in [1.29, 1.82) is 0 Å². The predicted molar refractivity (Wildman–Crippen MR) is 270 cm³/mol. The second-order valence-corrected chi connectivity index (χ2v) is 17.7. The Morgan fingerprint density at radius 3 is 1.42 bits per heavy atom. The lowest BCUT2D eigenvalue weighted by atomic mass is 10.1. The molecule has 0 aromatic heterocycles. The van der Waals surface area contributed by atoms with Crippen LogP contribution in [0.15, 0.2) is 97.2 Å². The van der Waals surface area contributed by atoms with Crippen LogP contribution in [0.3, 0.4) is 0 Å². The number of unbranched alkanes of at least 4 members (excludes halogenated alkanes) is 16. The minimum absolute atomic E-state index is 0.0422. The van der Waals surface area contributed by atoms with Crippen molar-refractivity contribution in [3.8, 4) is 0 Å². The molecule has 0 saturated heterocycles. The Morgan fingerprint density at radius 1 is 0.500 bits per heavy atom. The smallest absolute Gasteiger partial charge is 0.362 e. The Bertz CT molecular complexity index is 1360. The van der Waals surface area contributed by atoms with Crippen LogP contribution in [-0.2, 0) is 28.6 Å². The van der Waals surface area contributed by atoms with Crippen molar-refractivity contribution < 1.29 is 38.2 Å². The van der Waals surface area contributed by atoms with E-state index >= 15 is 0 Å². The summed E-state index contributed by atoms with van der Waals surface area (Å²) in [6.45, 7) is 4.56. The maximum atomic E-state index is 12.8. The second-order valence-electron chi connectivity index (χ2n) is 17.7. The molecule has 0 aromatic rings. The normalized spacial score (nSPS) is 13.7. The highest BCUT2D eigenvalue weighted by Gasteiger charge is 2.31. The first-order valence-electron chi connectivity index (χ1n) is 25.3. The van der Waals surface area contributed by atoms with Crippen molar-refractivity contribution in [1.82, 2.24) is 0 Å². The summed E-state index contributed by atoms with van der Waals surface area (Å²) < 4.78 is 17.3. The largest absolute Gasteiger partial charge is 0.477 e. The van der Waals surface area contributed by atoms with E-state index in [-0.39, 0.29) is 36.2 Å². The maximum Gasteiger partial charge on any atom is 0.362 e. The van der Waals surface area contributed by atoms with Gasteiger partial charge >= 0.3 is 17.9 Å². The monoisotopic (exact) mass is 893 g/mol. The quantitative estimate of drug-likeness (QED) is 0.0214. The lowest BCUT2D eigenvalue weighted by Gasteiger charge is -2.31. The third kappa shape index (κ3) is 43.5. The molecule has 0 spiro atoms. The van der Waals surface area contributed by atoms with Crippen LogP contribution in [0.5, 0.6) is 0 Å². The number of carboxylic acids is 1. The van der Waals surface area contributed by atoms with Gasteiger partial charge in [-0.2, -0.15) is 0 Å². The van der Waals surface area contributed by atoms with Gasteiger partial charge in [0.15, 0.2) is 12.1 Å². The number of esters is 2. The van der Waals surface area contributed by atoms with Crippen molar-refractivity contribution in [2.75, 3.05) is 41.0 Å². The minimum Gasteiger partial charge on any atom is -0.477 e. The summed E-state index contributed by atoms with van der Waals surface area (Å²) in [5, 5.41) is 9.65. The first-order chi connectivity index (χ1) is 31.1. The number of carbonyl (C=O) groups is 3. The summed E-state index contributed by atoms with van der Waals surface area (Å²) in [4.78, 5) is 37.2. The number of nitrogens with zero attached hydrogens (tertiary/aromatic N) is 1. The number of carboxylic acid groups (broad SMARTS) is 1. The minimum atomic E-state index is -0.884. The van der Waals surface area contributed by atoms with E-state index in [1.165, 1.54) is 44.9 Å². The Labute approximate surface area is 392 Å². The number of aliphatic carboxylic acids is 1. The number of ether oxygens (including phenoxy) is 3. The fraction of sp³-hybridized carbons (Fsp3) is 0.661. The molecule has 0 aliphatic carbocycles. The molecular weight excluding hydrogens is 799 g/mol. The van der Waals surface area contributed by atoms with E-state index in [9.17, 15) is 19.5 Å². The lowest BCUT2D eigenvalue weighted by Crippen LogP contribution is -2.50. The van der Waals surface area contributed by atoms with Gasteiger partial charge in [0.2, 0.25) is 0 Å². The van der Waals surface area contributed by atoms with Crippen LogP contribution >= 0.6 is 0 Å². The predicted octanol–water partition coefficient (Wildman–Crippen LogP) is 14.6. The Kier molecular flexibility index (Phi) is 43.1. The van der Waals surface area contributed by atoms with Crippen molar-refractivity contribution >= 4 is 17.9 Å². The van der Waals surface area contributed by atoms with Gasteiger partial charge in [-0.1, -0.05) is 182 Å². The van der Waals surface area contributed by atoms with Crippen LogP contribution < -0.4 is 0 Å². The molecule has 0 rings (SSSR count). The highest BCUT2D eigenvalue weighted by Crippen LogP contribution is 2.13. The Hall–Kier alpha value is -3.75. The molecule has 364 valence electrons. The van der Waals surface area contributed by atoms with Gasteiger partial charge in [-0.05, 0) is 83.5 Å². The summed E-state index contributed by atoms with van der Waals surface area (Å²) in [6, 6.07) is -0.627. The molecule has 0 aliphatic heterocycles. The molecule has 64 heavy (non-hydrogen) atoms. The zero-order valence-corrected chi connectivity index (χ0v) is 41.4. The maximum absolute atomic E-state index is 12.8. The van der Waals surface area contributed by atoms with Gasteiger partial charge in [-0.3, -0.25) is 9.59 Å². The number of allylic oxidation sites excluding steroid dienone is 16. The van der Waals surface area contributed by atoms with Crippen molar-refractivity contribution in [3.63, 3.8) is 0 Å². The van der Waals surface area contributed by atoms with Gasteiger partial charge in [0.1, 0.15) is 6.61 Å². The van der Waals surface area contributed by atoms with Crippen molar-refractivity contribution in [2.45, 2.75) is 199 Å². The van der Waals surface area contributed by atoms with Gasteiger partial charge in [0, 0.05) is 19.3 Å². The van der Waals surface area contributed by atoms with E-state index in [4.69, 9.17) is 14.2 Å². The topological polar surface area (TPSA) is 99.1 Å². The molecule has 2 unspecified atom stereocenters. The third-order valence-corrected chi connectivity index (χ3v) is 10.8. The van der Waals surface area contributed by atoms with E-state index in [1.54, 1.807) is 0 Å². The van der Waals surface area contributed by atoms with Crippen LogP contribution in [0.2, 0.25) is 0 Å². The average molecular weight is 893 g/mol. The lowest BCUT2D eigenvalue weighted by molar-refractivity contribution is -0.887. The highest BCUT2D eigenvalue weighted by molar-refractivity contribution is 5.72. The molecule has 0 aromatic carbocycles.